The normalized spacial score (nSPS) is 10.2. The first-order valence-electron chi connectivity index (χ1n) is 8.44. The van der Waals surface area contributed by atoms with Gasteiger partial charge in [-0.05, 0) is 61.1 Å². The third-order valence-corrected chi connectivity index (χ3v) is 4.68. The van der Waals surface area contributed by atoms with Gasteiger partial charge in [0.1, 0.15) is 11.5 Å². The largest absolute Gasteiger partial charge is 0.497 e. The lowest BCUT2D eigenvalue weighted by molar-refractivity contribution is -0.121. The number of benzene rings is 2. The Bertz CT molecular complexity index is 971. The summed E-state index contributed by atoms with van der Waals surface area (Å²) < 4.78 is 10.6. The Morgan fingerprint density at radius 1 is 1.18 bits per heavy atom. The first-order valence-corrected chi connectivity index (χ1v) is 9.72. The molecule has 0 radical (unpaired) electrons. The van der Waals surface area contributed by atoms with Crippen LogP contribution in [0.25, 0.3) is 11.3 Å². The maximum atomic E-state index is 12.0. The minimum Gasteiger partial charge on any atom is -0.497 e. The molecule has 3 rings (SSSR count). The van der Waals surface area contributed by atoms with Crippen LogP contribution in [-0.4, -0.2) is 29.7 Å². The van der Waals surface area contributed by atoms with E-state index in [0.717, 1.165) is 22.6 Å². The molecule has 0 bridgehead atoms. The second kappa shape index (κ2) is 9.29. The quantitative estimate of drug-likeness (QED) is 0.595. The van der Waals surface area contributed by atoms with E-state index in [1.54, 1.807) is 13.2 Å². The van der Waals surface area contributed by atoms with Crippen molar-refractivity contribution in [2.75, 3.05) is 19.0 Å². The van der Waals surface area contributed by atoms with Crippen molar-refractivity contribution in [3.63, 3.8) is 0 Å². The van der Waals surface area contributed by atoms with Gasteiger partial charge >= 0.3 is 0 Å². The highest BCUT2D eigenvalue weighted by atomic mass is 32.1. The number of aryl methyl sites for hydroxylation is 1. The number of hydrogen-bond acceptors (Lipinski definition) is 6. The summed E-state index contributed by atoms with van der Waals surface area (Å²) in [6, 6.07) is 15.1. The van der Waals surface area contributed by atoms with Crippen LogP contribution in [0.4, 0.5) is 5.13 Å². The van der Waals surface area contributed by atoms with Crippen molar-refractivity contribution < 1.29 is 14.3 Å². The number of carbonyl (C=O) groups is 1. The molecule has 0 aliphatic rings. The molecule has 0 saturated heterocycles. The van der Waals surface area contributed by atoms with Gasteiger partial charge in [0, 0.05) is 10.9 Å². The van der Waals surface area contributed by atoms with Gasteiger partial charge < -0.3 is 14.8 Å². The van der Waals surface area contributed by atoms with E-state index in [4.69, 9.17) is 21.7 Å². The third kappa shape index (κ3) is 5.51. The Morgan fingerprint density at radius 2 is 1.96 bits per heavy atom. The van der Waals surface area contributed by atoms with Gasteiger partial charge in [-0.2, -0.15) is 0 Å². The highest BCUT2D eigenvalue weighted by Crippen LogP contribution is 2.26. The van der Waals surface area contributed by atoms with E-state index >= 15 is 0 Å². The molecule has 0 saturated carbocycles. The highest BCUT2D eigenvalue weighted by molar-refractivity contribution is 7.80. The van der Waals surface area contributed by atoms with Gasteiger partial charge in [0.15, 0.2) is 16.9 Å². The molecule has 1 aromatic heterocycles. The van der Waals surface area contributed by atoms with Crippen LogP contribution in [-0.2, 0) is 4.79 Å². The second-order valence-electron chi connectivity index (χ2n) is 5.87. The SMILES string of the molecule is COc1ccc(-c2csc(NC(=S)NC(=O)COc3cccc(C)c3)n2)cc1. The first kappa shape index (κ1) is 19.8. The lowest BCUT2D eigenvalue weighted by Crippen LogP contribution is -2.37. The Labute approximate surface area is 172 Å². The number of aromatic nitrogens is 1. The molecular formula is C20H19N3O3S2. The zero-order valence-corrected chi connectivity index (χ0v) is 17.0. The molecule has 8 heteroatoms. The van der Waals surface area contributed by atoms with E-state index in [9.17, 15) is 4.79 Å². The summed E-state index contributed by atoms with van der Waals surface area (Å²) >= 11 is 6.57. The number of thiocarbonyl (C=S) groups is 1. The van der Waals surface area contributed by atoms with Crippen molar-refractivity contribution in [3.8, 4) is 22.8 Å². The monoisotopic (exact) mass is 413 g/mol. The van der Waals surface area contributed by atoms with Crippen LogP contribution >= 0.6 is 23.6 Å². The summed E-state index contributed by atoms with van der Waals surface area (Å²) in [5, 5.41) is 8.18. The van der Waals surface area contributed by atoms with Crippen LogP contribution in [0.1, 0.15) is 5.56 Å². The maximum absolute atomic E-state index is 12.0. The van der Waals surface area contributed by atoms with Gasteiger partial charge in [0.2, 0.25) is 0 Å². The number of rotatable bonds is 6. The van der Waals surface area contributed by atoms with Crippen LogP contribution in [0.5, 0.6) is 11.5 Å². The summed E-state index contributed by atoms with van der Waals surface area (Å²) in [5.41, 5.74) is 2.84. The van der Waals surface area contributed by atoms with E-state index in [1.165, 1.54) is 11.3 Å². The smallest absolute Gasteiger partial charge is 0.264 e. The Kier molecular flexibility index (Phi) is 6.57. The fraction of sp³-hybridized carbons (Fsp3) is 0.150. The van der Waals surface area contributed by atoms with Crippen LogP contribution < -0.4 is 20.1 Å². The first-order chi connectivity index (χ1) is 13.5. The Balaban J connectivity index is 1.50. The van der Waals surface area contributed by atoms with Crippen molar-refractivity contribution in [2.45, 2.75) is 6.92 Å². The van der Waals surface area contributed by atoms with E-state index in [1.807, 2.05) is 54.8 Å². The van der Waals surface area contributed by atoms with Gasteiger partial charge in [0.25, 0.3) is 5.91 Å². The molecule has 2 aromatic carbocycles. The average Bonchev–Trinajstić information content (AvgIpc) is 3.15. The van der Waals surface area contributed by atoms with E-state index in [2.05, 4.69) is 15.6 Å². The second-order valence-corrected chi connectivity index (χ2v) is 7.14. The summed E-state index contributed by atoms with van der Waals surface area (Å²) in [6.07, 6.45) is 0. The lowest BCUT2D eigenvalue weighted by atomic mass is 10.2. The minimum absolute atomic E-state index is 0.125. The molecule has 3 aromatic rings. The summed E-state index contributed by atoms with van der Waals surface area (Å²) in [4.78, 5) is 16.5. The predicted octanol–water partition coefficient (Wildman–Crippen LogP) is 4.02. The Hall–Kier alpha value is -2.97. The molecule has 2 N–H and O–H groups in total. The van der Waals surface area contributed by atoms with E-state index < -0.39 is 0 Å². The summed E-state index contributed by atoms with van der Waals surface area (Å²) in [5.74, 6) is 1.08. The van der Waals surface area contributed by atoms with Crippen molar-refractivity contribution in [1.29, 1.82) is 0 Å². The molecule has 6 nitrogen and oxygen atoms in total. The van der Waals surface area contributed by atoms with Gasteiger partial charge in [-0.3, -0.25) is 10.1 Å². The van der Waals surface area contributed by atoms with Crippen LogP contribution in [0.3, 0.4) is 0 Å². The minimum atomic E-state index is -0.342. The van der Waals surface area contributed by atoms with Crippen molar-refractivity contribution >= 4 is 39.7 Å². The van der Waals surface area contributed by atoms with Gasteiger partial charge in [0.05, 0.1) is 12.8 Å². The van der Waals surface area contributed by atoms with E-state index in [-0.39, 0.29) is 17.6 Å². The molecule has 144 valence electrons. The highest BCUT2D eigenvalue weighted by Gasteiger charge is 2.09. The molecule has 0 fully saturated rings. The molecule has 0 spiro atoms. The number of carbonyl (C=O) groups excluding carboxylic acids is 1. The molecular weight excluding hydrogens is 394 g/mol. The number of hydrogen-bond donors (Lipinski definition) is 2. The summed E-state index contributed by atoms with van der Waals surface area (Å²) in [7, 11) is 1.63. The van der Waals surface area contributed by atoms with Crippen LogP contribution in [0.2, 0.25) is 0 Å². The van der Waals surface area contributed by atoms with Gasteiger partial charge in [-0.25, -0.2) is 4.98 Å². The van der Waals surface area contributed by atoms with Crippen molar-refractivity contribution in [1.82, 2.24) is 10.3 Å². The number of thiazole rings is 1. The molecule has 0 unspecified atom stereocenters. The number of nitrogens with zero attached hydrogens (tertiary/aromatic N) is 1. The maximum Gasteiger partial charge on any atom is 0.264 e. The third-order valence-electron chi connectivity index (χ3n) is 3.72. The average molecular weight is 414 g/mol. The Morgan fingerprint density at radius 3 is 2.68 bits per heavy atom. The van der Waals surface area contributed by atoms with Crippen LogP contribution in [0.15, 0.2) is 53.9 Å². The summed E-state index contributed by atoms with van der Waals surface area (Å²) in [6.45, 7) is 1.83. The number of methoxy groups -OCH3 is 1. The zero-order chi connectivity index (χ0) is 19.9. The topological polar surface area (TPSA) is 72.5 Å². The van der Waals surface area contributed by atoms with Gasteiger partial charge in [-0.1, -0.05) is 12.1 Å². The number of anilines is 1. The fourth-order valence-electron chi connectivity index (χ4n) is 2.37. The molecule has 1 amide bonds. The molecule has 0 atom stereocenters. The molecule has 1 heterocycles. The molecule has 0 aliphatic carbocycles. The van der Waals surface area contributed by atoms with Crippen molar-refractivity contribution in [2.24, 2.45) is 0 Å². The van der Waals surface area contributed by atoms with Crippen LogP contribution in [0, 0.1) is 6.92 Å². The van der Waals surface area contributed by atoms with Crippen molar-refractivity contribution in [3.05, 3.63) is 59.5 Å². The molecule has 28 heavy (non-hydrogen) atoms. The predicted molar refractivity (Wildman–Crippen MR) is 115 cm³/mol. The zero-order valence-electron chi connectivity index (χ0n) is 15.4. The van der Waals surface area contributed by atoms with Gasteiger partial charge in [-0.15, -0.1) is 11.3 Å². The lowest BCUT2D eigenvalue weighted by Gasteiger charge is -2.09. The fourth-order valence-corrected chi connectivity index (χ4v) is 3.37. The number of ether oxygens (including phenoxy) is 2. The number of nitrogens with one attached hydrogen (secondary N) is 2. The molecule has 0 aliphatic heterocycles. The van der Waals surface area contributed by atoms with E-state index in [0.29, 0.717) is 10.9 Å². The number of amides is 1. The standard InChI is InChI=1S/C20H19N3O3S2/c1-13-4-3-5-16(10-13)26-11-18(24)22-19(27)23-20-21-17(12-28-20)14-6-8-15(25-2)9-7-14/h3-10,12H,11H2,1-2H3,(H2,21,22,23,24,27).